The largest absolute Gasteiger partial charge is 0.448 e. The van der Waals surface area contributed by atoms with Crippen molar-refractivity contribution in [2.45, 2.75) is 6.54 Å². The molecule has 0 aliphatic heterocycles. The van der Waals surface area contributed by atoms with Crippen molar-refractivity contribution in [1.82, 2.24) is 9.97 Å². The van der Waals surface area contributed by atoms with Gasteiger partial charge in [-0.2, -0.15) is 0 Å². The van der Waals surface area contributed by atoms with Gasteiger partial charge in [0.15, 0.2) is 5.22 Å². The summed E-state index contributed by atoms with van der Waals surface area (Å²) in [6.07, 6.45) is 0. The zero-order valence-electron chi connectivity index (χ0n) is 9.59. The Morgan fingerprint density at radius 3 is 2.68 bits per heavy atom. The van der Waals surface area contributed by atoms with Gasteiger partial charge >= 0.3 is 5.69 Å². The number of benzene rings is 1. The molecule has 2 aromatic heterocycles. The highest BCUT2D eigenvalue weighted by molar-refractivity contribution is 9.10. The lowest BCUT2D eigenvalue weighted by Gasteiger charge is -2.07. The number of fused-ring (bicyclic) bond motifs is 1. The third kappa shape index (κ3) is 2.54. The van der Waals surface area contributed by atoms with Crippen LogP contribution in [0.5, 0.6) is 0 Å². The summed E-state index contributed by atoms with van der Waals surface area (Å²) in [6, 6.07) is 7.19. The van der Waals surface area contributed by atoms with Gasteiger partial charge in [0, 0.05) is 4.47 Å². The number of anilines is 1. The summed E-state index contributed by atoms with van der Waals surface area (Å²) in [4.78, 5) is 16.6. The molecule has 3 N–H and O–H groups in total. The number of furan rings is 1. The Hall–Kier alpha value is -1.66. The van der Waals surface area contributed by atoms with Crippen LogP contribution in [-0.4, -0.2) is 9.97 Å². The Labute approximate surface area is 121 Å². The summed E-state index contributed by atoms with van der Waals surface area (Å²) in [5, 5.41) is 3.57. The maximum atomic E-state index is 11.2. The van der Waals surface area contributed by atoms with Crippen molar-refractivity contribution in [1.29, 1.82) is 0 Å². The van der Waals surface area contributed by atoms with Crippen molar-refractivity contribution in [3.63, 3.8) is 0 Å². The molecule has 0 atom stereocenters. The second-order valence-electron chi connectivity index (χ2n) is 4.02. The molecular weight excluding hydrogens is 334 g/mol. The molecule has 0 aliphatic carbocycles. The number of hydrogen-bond acceptors (Lipinski definition) is 3. The molecule has 98 valence electrons. The summed E-state index contributed by atoms with van der Waals surface area (Å²) in [6.45, 7) is 0.505. The topological polar surface area (TPSA) is 73.8 Å². The Kier molecular flexibility index (Phi) is 3.12. The highest BCUT2D eigenvalue weighted by Gasteiger charge is 2.06. The summed E-state index contributed by atoms with van der Waals surface area (Å²) in [5.74, 6) is 0.736. The molecular formula is C12H9BrClN3O2. The van der Waals surface area contributed by atoms with Gasteiger partial charge in [0.25, 0.3) is 0 Å². The van der Waals surface area contributed by atoms with E-state index in [2.05, 4.69) is 31.2 Å². The van der Waals surface area contributed by atoms with Gasteiger partial charge in [0.2, 0.25) is 0 Å². The molecule has 0 aliphatic rings. The summed E-state index contributed by atoms with van der Waals surface area (Å²) >= 11 is 9.16. The predicted octanol–water partition coefficient (Wildman–Crippen LogP) is 3.48. The van der Waals surface area contributed by atoms with Gasteiger partial charge < -0.3 is 19.7 Å². The van der Waals surface area contributed by atoms with Crippen LogP contribution in [0.25, 0.3) is 11.0 Å². The Morgan fingerprint density at radius 2 is 2.00 bits per heavy atom. The minimum atomic E-state index is -0.225. The van der Waals surface area contributed by atoms with Crippen LogP contribution in [-0.2, 0) is 6.54 Å². The lowest BCUT2D eigenvalue weighted by atomic mass is 10.2. The Morgan fingerprint density at radius 1 is 1.26 bits per heavy atom. The molecule has 0 radical (unpaired) electrons. The fourth-order valence-electron chi connectivity index (χ4n) is 1.82. The zero-order chi connectivity index (χ0) is 13.4. The van der Waals surface area contributed by atoms with E-state index in [0.717, 1.165) is 27.0 Å². The molecule has 0 saturated heterocycles. The lowest BCUT2D eigenvalue weighted by molar-refractivity contribution is 0.520. The van der Waals surface area contributed by atoms with Crippen molar-refractivity contribution in [2.75, 3.05) is 5.32 Å². The summed E-state index contributed by atoms with van der Waals surface area (Å²) < 4.78 is 6.11. The SMILES string of the molecule is O=c1[nH]c2cc(Br)c(NCc3ccc(Cl)o3)cc2[nH]1. The maximum Gasteiger partial charge on any atom is 0.323 e. The predicted molar refractivity (Wildman–Crippen MR) is 77.7 cm³/mol. The average molecular weight is 343 g/mol. The molecule has 0 bridgehead atoms. The van der Waals surface area contributed by atoms with Crippen LogP contribution in [0.4, 0.5) is 5.69 Å². The third-order valence-corrected chi connectivity index (χ3v) is 3.54. The normalized spacial score (nSPS) is 11.1. The van der Waals surface area contributed by atoms with E-state index in [1.165, 1.54) is 0 Å². The van der Waals surface area contributed by atoms with E-state index in [1.807, 2.05) is 12.1 Å². The van der Waals surface area contributed by atoms with Crippen molar-refractivity contribution >= 4 is 44.3 Å². The number of hydrogen-bond donors (Lipinski definition) is 3. The first-order valence-electron chi connectivity index (χ1n) is 5.51. The molecule has 0 fully saturated rings. The van der Waals surface area contributed by atoms with Gasteiger partial charge in [-0.05, 0) is 51.8 Å². The summed E-state index contributed by atoms with van der Waals surface area (Å²) in [7, 11) is 0. The van der Waals surface area contributed by atoms with Gasteiger partial charge in [0.1, 0.15) is 5.76 Å². The van der Waals surface area contributed by atoms with Crippen LogP contribution in [0.1, 0.15) is 5.76 Å². The van der Waals surface area contributed by atoms with E-state index in [9.17, 15) is 4.79 Å². The van der Waals surface area contributed by atoms with Crippen LogP contribution in [0.15, 0.2) is 37.9 Å². The van der Waals surface area contributed by atoms with Gasteiger partial charge in [-0.1, -0.05) is 0 Å². The number of rotatable bonds is 3. The fourth-order valence-corrected chi connectivity index (χ4v) is 2.47. The smallest absolute Gasteiger partial charge is 0.323 e. The first-order valence-corrected chi connectivity index (χ1v) is 6.68. The second kappa shape index (κ2) is 4.79. The molecule has 0 spiro atoms. The zero-order valence-corrected chi connectivity index (χ0v) is 11.9. The number of H-pyrrole nitrogens is 2. The van der Waals surface area contributed by atoms with E-state index < -0.39 is 0 Å². The highest BCUT2D eigenvalue weighted by Crippen LogP contribution is 2.27. The molecule has 3 aromatic rings. The van der Waals surface area contributed by atoms with Gasteiger partial charge in [-0.15, -0.1) is 0 Å². The molecule has 1 aromatic carbocycles. The van der Waals surface area contributed by atoms with Crippen LogP contribution in [0, 0.1) is 0 Å². The van der Waals surface area contributed by atoms with Crippen LogP contribution >= 0.6 is 27.5 Å². The van der Waals surface area contributed by atoms with Gasteiger partial charge in [0.05, 0.1) is 23.3 Å². The quantitative estimate of drug-likeness (QED) is 0.682. The van der Waals surface area contributed by atoms with E-state index in [-0.39, 0.29) is 5.69 Å². The van der Waals surface area contributed by atoms with Crippen LogP contribution in [0.2, 0.25) is 5.22 Å². The molecule has 0 saturated carbocycles. The minimum Gasteiger partial charge on any atom is -0.448 e. The molecule has 5 nitrogen and oxygen atoms in total. The maximum absolute atomic E-state index is 11.2. The fraction of sp³-hybridized carbons (Fsp3) is 0.0833. The Bertz CT molecular complexity index is 790. The molecule has 19 heavy (non-hydrogen) atoms. The number of aromatic amines is 2. The average Bonchev–Trinajstić information content (AvgIpc) is 2.91. The molecule has 0 unspecified atom stereocenters. The molecule has 2 heterocycles. The first kappa shape index (κ1) is 12.4. The van der Waals surface area contributed by atoms with Crippen molar-refractivity contribution in [2.24, 2.45) is 0 Å². The van der Waals surface area contributed by atoms with Crippen molar-refractivity contribution in [3.8, 4) is 0 Å². The van der Waals surface area contributed by atoms with Crippen molar-refractivity contribution < 1.29 is 4.42 Å². The molecule has 7 heteroatoms. The van der Waals surface area contributed by atoms with Gasteiger partial charge in [-0.3, -0.25) is 0 Å². The number of nitrogens with one attached hydrogen (secondary N) is 3. The van der Waals surface area contributed by atoms with Crippen molar-refractivity contribution in [3.05, 3.63) is 50.2 Å². The van der Waals surface area contributed by atoms with E-state index in [0.29, 0.717) is 11.8 Å². The summed E-state index contributed by atoms with van der Waals surface area (Å²) in [5.41, 5.74) is 2.13. The standard InChI is InChI=1S/C12H9BrClN3O2/c13-7-3-9-10(17-12(18)16-9)4-8(7)15-5-6-1-2-11(14)19-6/h1-4,15H,5H2,(H2,16,17,18). The van der Waals surface area contributed by atoms with E-state index >= 15 is 0 Å². The lowest BCUT2D eigenvalue weighted by Crippen LogP contribution is -1.99. The third-order valence-electron chi connectivity index (χ3n) is 2.69. The number of aromatic nitrogens is 2. The first-order chi connectivity index (χ1) is 9.11. The van der Waals surface area contributed by atoms with Crippen LogP contribution < -0.4 is 11.0 Å². The van der Waals surface area contributed by atoms with E-state index in [4.69, 9.17) is 16.0 Å². The monoisotopic (exact) mass is 341 g/mol. The molecule has 3 rings (SSSR count). The number of halogens is 2. The second-order valence-corrected chi connectivity index (χ2v) is 5.24. The molecule has 0 amide bonds. The minimum absolute atomic E-state index is 0.225. The highest BCUT2D eigenvalue weighted by atomic mass is 79.9. The van der Waals surface area contributed by atoms with Gasteiger partial charge in [-0.25, -0.2) is 4.79 Å². The number of imidazole rings is 1. The van der Waals surface area contributed by atoms with E-state index in [1.54, 1.807) is 12.1 Å². The van der Waals surface area contributed by atoms with Crippen LogP contribution in [0.3, 0.4) is 0 Å². The Balaban J connectivity index is 1.87.